The van der Waals surface area contributed by atoms with Crippen molar-refractivity contribution < 1.29 is 24.2 Å². The predicted octanol–water partition coefficient (Wildman–Crippen LogP) is 3.15. The molecule has 1 saturated carbocycles. The summed E-state index contributed by atoms with van der Waals surface area (Å²) in [5.74, 6) is 0.478. The molecule has 1 N–H and O–H groups in total. The smallest absolute Gasteiger partial charge is 0.290 e. The molecule has 1 fully saturated rings. The maximum absolute atomic E-state index is 13.4. The van der Waals surface area contributed by atoms with Gasteiger partial charge in [-0.3, -0.25) is 9.59 Å². The zero-order chi connectivity index (χ0) is 20.4. The molecule has 6 nitrogen and oxygen atoms in total. The molecule has 2 aliphatic heterocycles. The molecule has 156 valence electrons. The Hall–Kier alpha value is -2.34. The number of aliphatic hydroxyl groups is 1. The molecular formula is C23H29NO5. The molecule has 6 heteroatoms. The highest BCUT2D eigenvalue weighted by atomic mass is 16.5. The minimum absolute atomic E-state index is 0.0343. The van der Waals surface area contributed by atoms with Gasteiger partial charge in [-0.1, -0.05) is 31.9 Å². The second-order valence-electron chi connectivity index (χ2n) is 8.05. The van der Waals surface area contributed by atoms with Crippen molar-refractivity contribution in [1.29, 1.82) is 0 Å². The molecule has 0 radical (unpaired) electrons. The van der Waals surface area contributed by atoms with Crippen molar-refractivity contribution in [1.82, 2.24) is 4.90 Å². The highest BCUT2D eigenvalue weighted by Crippen LogP contribution is 2.46. The van der Waals surface area contributed by atoms with Gasteiger partial charge in [0.1, 0.15) is 11.9 Å². The summed E-state index contributed by atoms with van der Waals surface area (Å²) in [5, 5.41) is 9.55. The summed E-state index contributed by atoms with van der Waals surface area (Å²) in [6, 6.07) is 7.04. The minimum atomic E-state index is -0.533. The Labute approximate surface area is 171 Å². The molecule has 2 heterocycles. The molecular weight excluding hydrogens is 370 g/mol. The normalized spacial score (nSPS) is 26.3. The van der Waals surface area contributed by atoms with Crippen LogP contribution in [0.4, 0.5) is 0 Å². The fraction of sp³-hybridized carbons (Fsp3) is 0.565. The summed E-state index contributed by atoms with van der Waals surface area (Å²) in [7, 11) is 0. The van der Waals surface area contributed by atoms with Crippen LogP contribution in [0.2, 0.25) is 0 Å². The number of hydrogen-bond donors (Lipinski definition) is 1. The summed E-state index contributed by atoms with van der Waals surface area (Å²) in [5.41, 5.74) is 1.27. The van der Waals surface area contributed by atoms with Crippen molar-refractivity contribution in [2.24, 2.45) is 5.92 Å². The second kappa shape index (κ2) is 8.57. The second-order valence-corrected chi connectivity index (χ2v) is 8.05. The Morgan fingerprint density at radius 2 is 2.07 bits per heavy atom. The van der Waals surface area contributed by atoms with Crippen LogP contribution >= 0.6 is 0 Å². The van der Waals surface area contributed by atoms with Crippen LogP contribution in [0, 0.1) is 5.92 Å². The van der Waals surface area contributed by atoms with Gasteiger partial charge in [0, 0.05) is 6.54 Å². The highest BCUT2D eigenvalue weighted by molar-refractivity contribution is 6.11. The van der Waals surface area contributed by atoms with Crippen molar-refractivity contribution in [2.45, 2.75) is 57.6 Å². The average Bonchev–Trinajstić information content (AvgIpc) is 3.01. The van der Waals surface area contributed by atoms with Crippen LogP contribution in [0.25, 0.3) is 0 Å². The number of rotatable bonds is 7. The molecule has 29 heavy (non-hydrogen) atoms. The Morgan fingerprint density at radius 1 is 1.24 bits per heavy atom. The van der Waals surface area contributed by atoms with Gasteiger partial charge in [0.25, 0.3) is 5.91 Å². The van der Waals surface area contributed by atoms with Crippen LogP contribution < -0.4 is 4.74 Å². The molecule has 0 spiro atoms. The lowest BCUT2D eigenvalue weighted by molar-refractivity contribution is -0.135. The molecule has 1 aromatic rings. The first-order valence-electron chi connectivity index (χ1n) is 10.7. The number of Topliss-reactive ketones (excluding diaryl/α,β-unsaturated/α-hetero) is 1. The zero-order valence-corrected chi connectivity index (χ0v) is 16.9. The maximum Gasteiger partial charge on any atom is 0.290 e. The number of β-amino-alcohol motifs (C(OH)–C–C–N with tert-alkyl or cyclic N) is 1. The summed E-state index contributed by atoms with van der Waals surface area (Å²) >= 11 is 0. The number of carbonyl (C=O) groups excluding carboxylic acids is 2. The summed E-state index contributed by atoms with van der Waals surface area (Å²) in [6.07, 6.45) is 5.47. The van der Waals surface area contributed by atoms with Crippen molar-refractivity contribution in [3.05, 3.63) is 41.2 Å². The van der Waals surface area contributed by atoms with Gasteiger partial charge < -0.3 is 19.5 Å². The number of unbranched alkanes of at least 4 members (excludes halogenated alkanes) is 1. The molecule has 3 aliphatic rings. The molecule has 1 aromatic carbocycles. The van der Waals surface area contributed by atoms with E-state index in [0.717, 1.165) is 49.8 Å². The third kappa shape index (κ3) is 3.66. The maximum atomic E-state index is 13.4. The number of amides is 1. The third-order valence-electron chi connectivity index (χ3n) is 6.14. The van der Waals surface area contributed by atoms with E-state index >= 15 is 0 Å². The van der Waals surface area contributed by atoms with Gasteiger partial charge in [0.15, 0.2) is 11.5 Å². The van der Waals surface area contributed by atoms with Crippen molar-refractivity contribution in [2.75, 3.05) is 19.8 Å². The topological polar surface area (TPSA) is 76.1 Å². The molecule has 0 aromatic heterocycles. The van der Waals surface area contributed by atoms with E-state index < -0.39 is 6.04 Å². The van der Waals surface area contributed by atoms with Gasteiger partial charge in [-0.05, 0) is 43.4 Å². The Morgan fingerprint density at radius 3 is 2.86 bits per heavy atom. The number of ketones is 1. The molecule has 3 atom stereocenters. The largest absolute Gasteiger partial charge is 0.494 e. The van der Waals surface area contributed by atoms with Crippen LogP contribution in [0.5, 0.6) is 5.75 Å². The summed E-state index contributed by atoms with van der Waals surface area (Å²) < 4.78 is 11.9. The van der Waals surface area contributed by atoms with Gasteiger partial charge in [0.05, 0.1) is 30.7 Å². The number of aliphatic hydroxyl groups excluding tert-OH is 1. The average molecular weight is 399 g/mol. The fourth-order valence-electron chi connectivity index (χ4n) is 4.69. The quantitative estimate of drug-likeness (QED) is 0.713. The lowest BCUT2D eigenvalue weighted by atomic mass is 9.77. The SMILES string of the molecule is CCCCOc1cccc(C2C3=C(OC4CCCCC4C3=O)C(=O)N2CCO)c1. The van der Waals surface area contributed by atoms with Crippen LogP contribution in [0.15, 0.2) is 35.6 Å². The molecule has 4 rings (SSSR count). The number of fused-ring (bicyclic) bond motifs is 1. The molecule has 0 bridgehead atoms. The fourth-order valence-corrected chi connectivity index (χ4v) is 4.69. The summed E-state index contributed by atoms with van der Waals surface area (Å²) in [6.45, 7) is 2.72. The van der Waals surface area contributed by atoms with Crippen LogP contribution in [-0.4, -0.2) is 47.6 Å². The van der Waals surface area contributed by atoms with Gasteiger partial charge in [-0.25, -0.2) is 0 Å². The monoisotopic (exact) mass is 399 g/mol. The lowest BCUT2D eigenvalue weighted by Crippen LogP contribution is -2.39. The van der Waals surface area contributed by atoms with E-state index in [1.807, 2.05) is 24.3 Å². The number of carbonyl (C=O) groups is 2. The van der Waals surface area contributed by atoms with E-state index in [1.54, 1.807) is 4.90 Å². The predicted molar refractivity (Wildman–Crippen MR) is 107 cm³/mol. The van der Waals surface area contributed by atoms with Crippen molar-refractivity contribution in [3.63, 3.8) is 0 Å². The van der Waals surface area contributed by atoms with Crippen molar-refractivity contribution in [3.8, 4) is 5.75 Å². The number of benzene rings is 1. The van der Waals surface area contributed by atoms with E-state index in [2.05, 4.69) is 6.92 Å². The minimum Gasteiger partial charge on any atom is -0.494 e. The number of hydrogen-bond acceptors (Lipinski definition) is 5. The molecule has 0 saturated heterocycles. The first kappa shape index (κ1) is 20.0. The Kier molecular flexibility index (Phi) is 5.90. The molecule has 1 amide bonds. The first-order valence-corrected chi connectivity index (χ1v) is 10.7. The number of nitrogens with zero attached hydrogens (tertiary/aromatic N) is 1. The first-order chi connectivity index (χ1) is 14.2. The van der Waals surface area contributed by atoms with Crippen LogP contribution in [-0.2, 0) is 14.3 Å². The number of ether oxygens (including phenoxy) is 2. The molecule has 1 aliphatic carbocycles. The standard InChI is InChI=1S/C23H29NO5/c1-2-3-13-28-16-8-6-7-15(14-16)20-19-21(26)17-9-4-5-10-18(17)29-22(19)23(27)24(20)11-12-25/h6-8,14,17-18,20,25H,2-5,9-13H2,1H3. The van der Waals surface area contributed by atoms with Crippen molar-refractivity contribution >= 4 is 11.7 Å². The van der Waals surface area contributed by atoms with Gasteiger partial charge in [-0.15, -0.1) is 0 Å². The van der Waals surface area contributed by atoms with Crippen LogP contribution in [0.3, 0.4) is 0 Å². The van der Waals surface area contributed by atoms with E-state index in [9.17, 15) is 14.7 Å². The van der Waals surface area contributed by atoms with E-state index in [0.29, 0.717) is 12.2 Å². The molecule has 3 unspecified atom stereocenters. The van der Waals surface area contributed by atoms with Gasteiger partial charge >= 0.3 is 0 Å². The highest BCUT2D eigenvalue weighted by Gasteiger charge is 2.51. The Bertz CT molecular complexity index is 817. The van der Waals surface area contributed by atoms with Crippen LogP contribution in [0.1, 0.15) is 57.1 Å². The van der Waals surface area contributed by atoms with Gasteiger partial charge in [0.2, 0.25) is 0 Å². The van der Waals surface area contributed by atoms with E-state index in [4.69, 9.17) is 9.47 Å². The zero-order valence-electron chi connectivity index (χ0n) is 16.9. The lowest BCUT2D eigenvalue weighted by Gasteiger charge is -2.35. The summed E-state index contributed by atoms with van der Waals surface area (Å²) in [4.78, 5) is 28.0. The van der Waals surface area contributed by atoms with E-state index in [-0.39, 0.29) is 42.6 Å². The third-order valence-corrected chi connectivity index (χ3v) is 6.14. The van der Waals surface area contributed by atoms with Gasteiger partial charge in [-0.2, -0.15) is 0 Å². The Balaban J connectivity index is 1.70. The van der Waals surface area contributed by atoms with E-state index in [1.165, 1.54) is 0 Å².